The zero-order chi connectivity index (χ0) is 19.5. The molecule has 0 bridgehead atoms. The van der Waals surface area contributed by atoms with Gasteiger partial charge in [0.2, 0.25) is 0 Å². The van der Waals surface area contributed by atoms with Crippen molar-refractivity contribution in [1.82, 2.24) is 4.57 Å². The van der Waals surface area contributed by atoms with Crippen LogP contribution in [-0.2, 0) is 6.42 Å². The highest BCUT2D eigenvalue weighted by molar-refractivity contribution is 6.33. The van der Waals surface area contributed by atoms with Crippen LogP contribution >= 0.6 is 11.6 Å². The number of pyridine rings is 1. The molecule has 0 amide bonds. The Labute approximate surface area is 169 Å². The predicted octanol–water partition coefficient (Wildman–Crippen LogP) is 6.39. The van der Waals surface area contributed by atoms with Crippen LogP contribution in [0.15, 0.2) is 95.8 Å². The Hall–Kier alpha value is -3.10. The smallest absolute Gasteiger partial charge is 0.186 e. The Balaban J connectivity index is 2.19. The van der Waals surface area contributed by atoms with Crippen molar-refractivity contribution < 1.29 is 0 Å². The monoisotopic (exact) mass is 385 g/mol. The Bertz CT molecular complexity index is 1160. The minimum Gasteiger partial charge on any atom is -0.309 e. The average molecular weight is 386 g/mol. The van der Waals surface area contributed by atoms with E-state index in [0.29, 0.717) is 11.4 Å². The second-order valence-electron chi connectivity index (χ2n) is 6.59. The fourth-order valence-electron chi connectivity index (χ4n) is 3.59. The summed E-state index contributed by atoms with van der Waals surface area (Å²) < 4.78 is 2.15. The second kappa shape index (κ2) is 7.87. The molecule has 138 valence electrons. The van der Waals surface area contributed by atoms with Crippen molar-refractivity contribution in [2.45, 2.75) is 13.3 Å². The minimum atomic E-state index is 0.0310. The summed E-state index contributed by atoms with van der Waals surface area (Å²) in [6.07, 6.45) is 0.626. The molecule has 28 heavy (non-hydrogen) atoms. The summed E-state index contributed by atoms with van der Waals surface area (Å²) >= 11 is 6.58. The van der Waals surface area contributed by atoms with E-state index in [9.17, 15) is 4.79 Å². The molecule has 0 unspecified atom stereocenters. The number of aromatic nitrogens is 1. The van der Waals surface area contributed by atoms with Crippen LogP contribution in [-0.4, -0.2) is 4.57 Å². The maximum absolute atomic E-state index is 13.1. The van der Waals surface area contributed by atoms with E-state index in [2.05, 4.69) is 16.7 Å². The maximum Gasteiger partial charge on any atom is 0.186 e. The number of para-hydroxylation sites is 1. The van der Waals surface area contributed by atoms with Crippen molar-refractivity contribution in [3.05, 3.63) is 112 Å². The van der Waals surface area contributed by atoms with Crippen LogP contribution in [0.4, 0.5) is 0 Å². The van der Waals surface area contributed by atoms with Crippen molar-refractivity contribution >= 4 is 11.6 Å². The van der Waals surface area contributed by atoms with Gasteiger partial charge in [-0.1, -0.05) is 85.3 Å². The molecule has 0 aliphatic heterocycles. The Morgan fingerprint density at radius 3 is 2.07 bits per heavy atom. The molecule has 0 spiro atoms. The van der Waals surface area contributed by atoms with E-state index in [1.54, 1.807) is 6.07 Å². The predicted molar refractivity (Wildman–Crippen MR) is 117 cm³/mol. The van der Waals surface area contributed by atoms with Gasteiger partial charge < -0.3 is 4.57 Å². The van der Waals surface area contributed by atoms with Gasteiger partial charge in [0, 0.05) is 27.9 Å². The Kier molecular flexibility index (Phi) is 5.14. The number of hydrogen-bond acceptors (Lipinski definition) is 1. The van der Waals surface area contributed by atoms with E-state index < -0.39 is 0 Å². The lowest BCUT2D eigenvalue weighted by Gasteiger charge is -2.22. The molecular formula is C25H20ClNO. The van der Waals surface area contributed by atoms with Gasteiger partial charge in [0.1, 0.15) is 0 Å². The number of rotatable bonds is 4. The maximum atomic E-state index is 13.1. The fourth-order valence-corrected chi connectivity index (χ4v) is 3.82. The molecule has 0 aliphatic rings. The SMILES string of the molecule is CCc1c(-c2ccccc2Cl)n(-c2ccccc2)c(-c2ccccc2)cc1=O. The first kappa shape index (κ1) is 18.3. The molecule has 0 radical (unpaired) electrons. The third-order valence-electron chi connectivity index (χ3n) is 4.88. The van der Waals surface area contributed by atoms with Crippen LogP contribution in [0.25, 0.3) is 28.2 Å². The third-order valence-corrected chi connectivity index (χ3v) is 5.21. The van der Waals surface area contributed by atoms with Gasteiger partial charge in [0.05, 0.1) is 11.4 Å². The Morgan fingerprint density at radius 2 is 1.43 bits per heavy atom. The van der Waals surface area contributed by atoms with E-state index in [0.717, 1.165) is 33.8 Å². The molecule has 3 heteroatoms. The summed E-state index contributed by atoms with van der Waals surface area (Å²) in [7, 11) is 0. The van der Waals surface area contributed by atoms with Gasteiger partial charge in [-0.15, -0.1) is 0 Å². The van der Waals surface area contributed by atoms with Gasteiger partial charge in [0.25, 0.3) is 0 Å². The van der Waals surface area contributed by atoms with E-state index in [1.165, 1.54) is 0 Å². The largest absolute Gasteiger partial charge is 0.309 e. The molecule has 0 saturated heterocycles. The van der Waals surface area contributed by atoms with Crippen LogP contribution in [0.3, 0.4) is 0 Å². The van der Waals surface area contributed by atoms with Crippen molar-refractivity contribution in [2.75, 3.05) is 0 Å². The van der Waals surface area contributed by atoms with Gasteiger partial charge in [-0.3, -0.25) is 4.79 Å². The minimum absolute atomic E-state index is 0.0310. The lowest BCUT2D eigenvalue weighted by Crippen LogP contribution is -2.17. The molecule has 4 rings (SSSR count). The average Bonchev–Trinajstić information content (AvgIpc) is 2.74. The number of halogens is 1. The summed E-state index contributed by atoms with van der Waals surface area (Å²) in [5.41, 5.74) is 5.33. The molecule has 3 aromatic carbocycles. The summed E-state index contributed by atoms with van der Waals surface area (Å²) in [6.45, 7) is 2.01. The van der Waals surface area contributed by atoms with Crippen LogP contribution in [0.2, 0.25) is 5.02 Å². The van der Waals surface area contributed by atoms with Crippen LogP contribution < -0.4 is 5.43 Å². The zero-order valence-corrected chi connectivity index (χ0v) is 16.4. The first-order valence-electron chi connectivity index (χ1n) is 9.35. The highest BCUT2D eigenvalue weighted by atomic mass is 35.5. The quantitative estimate of drug-likeness (QED) is 0.399. The molecule has 0 saturated carbocycles. The van der Waals surface area contributed by atoms with Gasteiger partial charge in [0.15, 0.2) is 5.43 Å². The zero-order valence-electron chi connectivity index (χ0n) is 15.6. The van der Waals surface area contributed by atoms with Gasteiger partial charge in [-0.2, -0.15) is 0 Å². The highest BCUT2D eigenvalue weighted by Gasteiger charge is 2.20. The molecule has 0 atom stereocenters. The van der Waals surface area contributed by atoms with Crippen molar-refractivity contribution in [2.24, 2.45) is 0 Å². The molecule has 0 N–H and O–H groups in total. The van der Waals surface area contributed by atoms with Gasteiger partial charge >= 0.3 is 0 Å². The summed E-state index contributed by atoms with van der Waals surface area (Å²) in [5.74, 6) is 0. The van der Waals surface area contributed by atoms with Gasteiger partial charge in [-0.25, -0.2) is 0 Å². The Morgan fingerprint density at radius 1 is 0.821 bits per heavy atom. The van der Waals surface area contributed by atoms with Crippen molar-refractivity contribution in [1.29, 1.82) is 0 Å². The molecule has 4 aromatic rings. The van der Waals surface area contributed by atoms with Crippen LogP contribution in [0, 0.1) is 0 Å². The third kappa shape index (κ3) is 3.28. The van der Waals surface area contributed by atoms with E-state index >= 15 is 0 Å². The molecule has 1 aromatic heterocycles. The molecule has 1 heterocycles. The molecule has 0 fully saturated rings. The second-order valence-corrected chi connectivity index (χ2v) is 7.00. The lowest BCUT2D eigenvalue weighted by molar-refractivity contribution is 0.998. The summed E-state index contributed by atoms with van der Waals surface area (Å²) in [5, 5.41) is 0.631. The summed E-state index contributed by atoms with van der Waals surface area (Å²) in [6, 6.07) is 29.5. The first-order valence-corrected chi connectivity index (χ1v) is 9.73. The van der Waals surface area contributed by atoms with E-state index in [1.807, 2.05) is 79.7 Å². The number of nitrogens with zero attached hydrogens (tertiary/aromatic N) is 1. The van der Waals surface area contributed by atoms with Crippen LogP contribution in [0.5, 0.6) is 0 Å². The van der Waals surface area contributed by atoms with Crippen LogP contribution in [0.1, 0.15) is 12.5 Å². The number of hydrogen-bond donors (Lipinski definition) is 0. The normalized spacial score (nSPS) is 10.8. The topological polar surface area (TPSA) is 22.0 Å². The van der Waals surface area contributed by atoms with Gasteiger partial charge in [-0.05, 0) is 30.2 Å². The molecule has 2 nitrogen and oxygen atoms in total. The first-order chi connectivity index (χ1) is 13.7. The summed E-state index contributed by atoms with van der Waals surface area (Å²) in [4.78, 5) is 13.1. The highest BCUT2D eigenvalue weighted by Crippen LogP contribution is 2.35. The van der Waals surface area contributed by atoms with E-state index in [4.69, 9.17) is 11.6 Å². The van der Waals surface area contributed by atoms with Crippen molar-refractivity contribution in [3.8, 4) is 28.2 Å². The standard InChI is InChI=1S/C25H20ClNO/c1-2-20-24(28)17-23(18-11-5-3-6-12-18)27(19-13-7-4-8-14-19)25(20)21-15-9-10-16-22(21)26/h3-17H,2H2,1H3. The number of benzene rings is 3. The fraction of sp³-hybridized carbons (Fsp3) is 0.0800. The molecular weight excluding hydrogens is 366 g/mol. The molecule has 0 aliphatic carbocycles. The van der Waals surface area contributed by atoms with Crippen molar-refractivity contribution in [3.63, 3.8) is 0 Å². The van der Waals surface area contributed by atoms with E-state index in [-0.39, 0.29) is 5.43 Å². The lowest BCUT2D eigenvalue weighted by atomic mass is 9.99.